The Labute approximate surface area is 98.2 Å². The minimum absolute atomic E-state index is 0.130. The van der Waals surface area contributed by atoms with E-state index in [0.29, 0.717) is 6.54 Å². The van der Waals surface area contributed by atoms with Crippen LogP contribution in [0.5, 0.6) is 0 Å². The molecule has 0 aliphatic heterocycles. The topological polar surface area (TPSA) is 99.5 Å². The molecular formula is C10H15N3O4. The molecule has 2 N–H and O–H groups in total. The van der Waals surface area contributed by atoms with Crippen LogP contribution in [0.2, 0.25) is 0 Å². The van der Waals surface area contributed by atoms with Crippen molar-refractivity contribution in [3.63, 3.8) is 0 Å². The van der Waals surface area contributed by atoms with Gasteiger partial charge in [0, 0.05) is 19.2 Å². The van der Waals surface area contributed by atoms with Crippen LogP contribution in [0, 0.1) is 10.1 Å². The molecule has 0 saturated carbocycles. The molecule has 0 atom stereocenters. The second kappa shape index (κ2) is 6.00. The molecule has 0 aliphatic carbocycles. The van der Waals surface area contributed by atoms with Crippen molar-refractivity contribution in [2.75, 3.05) is 19.7 Å². The van der Waals surface area contributed by atoms with Gasteiger partial charge in [0.1, 0.15) is 0 Å². The van der Waals surface area contributed by atoms with Crippen LogP contribution in [0.3, 0.4) is 0 Å². The van der Waals surface area contributed by atoms with Gasteiger partial charge < -0.3 is 20.1 Å². The summed E-state index contributed by atoms with van der Waals surface area (Å²) in [4.78, 5) is 25.7. The van der Waals surface area contributed by atoms with Crippen molar-refractivity contribution < 1.29 is 14.8 Å². The summed E-state index contributed by atoms with van der Waals surface area (Å²) in [6, 6.07) is 2.62. The van der Waals surface area contributed by atoms with Gasteiger partial charge in [-0.25, -0.2) is 4.98 Å². The number of nitro groups is 1. The number of aliphatic hydroxyl groups is 1. The van der Waals surface area contributed by atoms with Crippen LogP contribution < -0.4 is 0 Å². The van der Waals surface area contributed by atoms with E-state index < -0.39 is 4.92 Å². The number of carbonyl (C=O) groups is 1. The van der Waals surface area contributed by atoms with Gasteiger partial charge >= 0.3 is 5.82 Å². The zero-order chi connectivity index (χ0) is 12.8. The van der Waals surface area contributed by atoms with Gasteiger partial charge in [-0.3, -0.25) is 4.79 Å². The number of nitrogens with zero attached hydrogens (tertiary/aromatic N) is 2. The maximum absolute atomic E-state index is 11.9. The number of carbonyl (C=O) groups excluding carboxylic acids is 1. The number of hydrogen-bond donors (Lipinski definition) is 2. The molecular weight excluding hydrogens is 226 g/mol. The molecule has 0 aliphatic rings. The molecule has 0 bridgehead atoms. The molecule has 0 aromatic carbocycles. The highest BCUT2D eigenvalue weighted by molar-refractivity contribution is 5.92. The largest absolute Gasteiger partial charge is 0.395 e. The van der Waals surface area contributed by atoms with E-state index in [9.17, 15) is 14.9 Å². The molecule has 0 unspecified atom stereocenters. The molecule has 0 fully saturated rings. The van der Waals surface area contributed by atoms with Crippen LogP contribution in [0.15, 0.2) is 12.1 Å². The van der Waals surface area contributed by atoms with Gasteiger partial charge in [0.25, 0.3) is 5.91 Å². The predicted molar refractivity (Wildman–Crippen MR) is 60.7 cm³/mol. The molecule has 1 aromatic heterocycles. The Morgan fingerprint density at radius 3 is 2.71 bits per heavy atom. The average molecular weight is 241 g/mol. The van der Waals surface area contributed by atoms with Crippen LogP contribution in [-0.2, 0) is 0 Å². The number of aromatic amines is 1. The lowest BCUT2D eigenvalue weighted by molar-refractivity contribution is -0.389. The molecule has 94 valence electrons. The highest BCUT2D eigenvalue weighted by atomic mass is 16.6. The minimum atomic E-state index is -0.590. The monoisotopic (exact) mass is 241 g/mol. The number of aromatic nitrogens is 1. The standard InChI is InChI=1S/C10H15N3O4/c1-2-5-12(6-7-14)10(15)8-3-4-9(11-8)13(16)17/h3-4,11,14H,2,5-7H2,1H3. The first-order valence-electron chi connectivity index (χ1n) is 5.33. The Morgan fingerprint density at radius 1 is 1.53 bits per heavy atom. The number of nitrogens with one attached hydrogen (secondary N) is 1. The first kappa shape index (κ1) is 13.2. The molecule has 1 amide bonds. The molecule has 17 heavy (non-hydrogen) atoms. The van der Waals surface area contributed by atoms with Crippen molar-refractivity contribution in [1.29, 1.82) is 0 Å². The average Bonchev–Trinajstić information content (AvgIpc) is 2.77. The summed E-state index contributed by atoms with van der Waals surface area (Å²) in [5.41, 5.74) is 0.165. The summed E-state index contributed by atoms with van der Waals surface area (Å²) in [7, 11) is 0. The van der Waals surface area contributed by atoms with Crippen molar-refractivity contribution in [2.24, 2.45) is 0 Å². The highest BCUT2D eigenvalue weighted by Crippen LogP contribution is 2.12. The Hall–Kier alpha value is -1.89. The van der Waals surface area contributed by atoms with Crippen molar-refractivity contribution in [2.45, 2.75) is 13.3 Å². The number of amides is 1. The third-order valence-corrected chi connectivity index (χ3v) is 2.25. The molecule has 0 radical (unpaired) electrons. The molecule has 0 spiro atoms. The molecule has 1 aromatic rings. The number of H-pyrrole nitrogens is 1. The second-order valence-electron chi connectivity index (χ2n) is 3.53. The van der Waals surface area contributed by atoms with Crippen molar-refractivity contribution >= 4 is 11.7 Å². The van der Waals surface area contributed by atoms with E-state index in [4.69, 9.17) is 5.11 Å². The van der Waals surface area contributed by atoms with Gasteiger partial charge in [-0.2, -0.15) is 0 Å². The fourth-order valence-electron chi connectivity index (χ4n) is 1.49. The molecule has 1 heterocycles. The quantitative estimate of drug-likeness (QED) is 0.567. The maximum Gasteiger partial charge on any atom is 0.321 e. The minimum Gasteiger partial charge on any atom is -0.395 e. The Morgan fingerprint density at radius 2 is 2.24 bits per heavy atom. The van der Waals surface area contributed by atoms with Crippen LogP contribution >= 0.6 is 0 Å². The lowest BCUT2D eigenvalue weighted by atomic mass is 10.3. The van der Waals surface area contributed by atoms with E-state index in [1.54, 1.807) is 0 Å². The maximum atomic E-state index is 11.9. The highest BCUT2D eigenvalue weighted by Gasteiger charge is 2.20. The number of hydrogen-bond acceptors (Lipinski definition) is 4. The molecule has 1 rings (SSSR count). The van der Waals surface area contributed by atoms with E-state index in [0.717, 1.165) is 6.42 Å². The zero-order valence-corrected chi connectivity index (χ0v) is 9.55. The summed E-state index contributed by atoms with van der Waals surface area (Å²) in [6.07, 6.45) is 0.758. The fraction of sp³-hybridized carbons (Fsp3) is 0.500. The van der Waals surface area contributed by atoms with E-state index >= 15 is 0 Å². The van der Waals surface area contributed by atoms with Gasteiger partial charge in [0.2, 0.25) is 0 Å². The summed E-state index contributed by atoms with van der Waals surface area (Å²) >= 11 is 0. The first-order chi connectivity index (χ1) is 8.10. The van der Waals surface area contributed by atoms with Crippen LogP contribution in [0.4, 0.5) is 5.82 Å². The Balaban J connectivity index is 2.81. The third-order valence-electron chi connectivity index (χ3n) is 2.25. The first-order valence-corrected chi connectivity index (χ1v) is 5.33. The van der Waals surface area contributed by atoms with Crippen LogP contribution in [-0.4, -0.2) is 45.5 Å². The van der Waals surface area contributed by atoms with E-state index in [1.807, 2.05) is 6.92 Å². The van der Waals surface area contributed by atoms with Crippen molar-refractivity contribution in [3.05, 3.63) is 27.9 Å². The smallest absolute Gasteiger partial charge is 0.321 e. The molecule has 7 nitrogen and oxygen atoms in total. The number of rotatable bonds is 6. The van der Waals surface area contributed by atoms with Gasteiger partial charge in [-0.15, -0.1) is 0 Å². The van der Waals surface area contributed by atoms with E-state index in [2.05, 4.69) is 4.98 Å². The third kappa shape index (κ3) is 3.28. The van der Waals surface area contributed by atoms with E-state index in [-0.39, 0.29) is 30.6 Å². The van der Waals surface area contributed by atoms with Crippen molar-refractivity contribution in [1.82, 2.24) is 9.88 Å². The van der Waals surface area contributed by atoms with Gasteiger partial charge in [-0.05, 0) is 17.4 Å². The summed E-state index contributed by atoms with van der Waals surface area (Å²) in [6.45, 7) is 2.51. The van der Waals surface area contributed by atoms with Crippen LogP contribution in [0.1, 0.15) is 23.8 Å². The second-order valence-corrected chi connectivity index (χ2v) is 3.53. The van der Waals surface area contributed by atoms with Crippen LogP contribution in [0.25, 0.3) is 0 Å². The zero-order valence-electron chi connectivity index (χ0n) is 9.55. The van der Waals surface area contributed by atoms with Gasteiger partial charge in [-0.1, -0.05) is 6.92 Å². The Kier molecular flexibility index (Phi) is 4.65. The predicted octanol–water partition coefficient (Wildman–Crippen LogP) is 0.767. The summed E-state index contributed by atoms with van der Waals surface area (Å²) in [5.74, 6) is -0.553. The molecule has 0 saturated heterocycles. The lowest BCUT2D eigenvalue weighted by Gasteiger charge is -2.18. The molecule has 7 heteroatoms. The SMILES string of the molecule is CCCN(CCO)C(=O)c1ccc([N+](=O)[O-])[nH]1. The van der Waals surface area contributed by atoms with Gasteiger partial charge in [0.15, 0.2) is 5.69 Å². The fourth-order valence-corrected chi connectivity index (χ4v) is 1.49. The van der Waals surface area contributed by atoms with E-state index in [1.165, 1.54) is 17.0 Å². The summed E-state index contributed by atoms with van der Waals surface area (Å²) < 4.78 is 0. The normalized spacial score (nSPS) is 10.2. The van der Waals surface area contributed by atoms with Gasteiger partial charge in [0.05, 0.1) is 6.61 Å². The lowest BCUT2D eigenvalue weighted by Crippen LogP contribution is -2.34. The van der Waals surface area contributed by atoms with Crippen molar-refractivity contribution in [3.8, 4) is 0 Å². The Bertz CT molecular complexity index is 396. The number of aliphatic hydroxyl groups excluding tert-OH is 1. The summed E-state index contributed by atoms with van der Waals surface area (Å²) in [5, 5.41) is 19.3.